The van der Waals surface area contributed by atoms with Crippen LogP contribution < -0.4 is 5.32 Å². The zero-order chi connectivity index (χ0) is 13.6. The van der Waals surface area contributed by atoms with E-state index in [0.717, 1.165) is 17.3 Å². The van der Waals surface area contributed by atoms with Gasteiger partial charge < -0.3 is 10.4 Å². The summed E-state index contributed by atoms with van der Waals surface area (Å²) in [6.07, 6.45) is 1.76. The van der Waals surface area contributed by atoms with Crippen LogP contribution in [-0.4, -0.2) is 24.2 Å². The smallest absolute Gasteiger partial charge is 0.251 e. The maximum atomic E-state index is 11.8. The van der Waals surface area contributed by atoms with Gasteiger partial charge in [-0.1, -0.05) is 29.8 Å². The quantitative estimate of drug-likeness (QED) is 0.793. The Morgan fingerprint density at radius 2 is 1.94 bits per heavy atom. The van der Waals surface area contributed by atoms with Crippen molar-refractivity contribution in [1.29, 1.82) is 0 Å². The van der Waals surface area contributed by atoms with Crippen LogP contribution in [0.15, 0.2) is 28.7 Å². The Kier molecular flexibility index (Phi) is 5.82. The predicted molar refractivity (Wildman–Crippen MR) is 76.6 cm³/mol. The van der Waals surface area contributed by atoms with Gasteiger partial charge in [-0.2, -0.15) is 0 Å². The lowest BCUT2D eigenvalue weighted by Gasteiger charge is -2.21. The standard InChI is InChI=1S/C14H20BrNO2/c1-14(2,10-17)8-3-9-16-13(18)11-4-6-12(15)7-5-11/h4-7,17H,3,8-10H2,1-2H3,(H,16,18). The van der Waals surface area contributed by atoms with Gasteiger partial charge in [0.15, 0.2) is 0 Å². The fraction of sp³-hybridized carbons (Fsp3) is 0.500. The minimum atomic E-state index is -0.0671. The molecule has 1 amide bonds. The van der Waals surface area contributed by atoms with Crippen LogP contribution in [0.25, 0.3) is 0 Å². The maximum absolute atomic E-state index is 11.8. The zero-order valence-electron chi connectivity index (χ0n) is 10.9. The second kappa shape index (κ2) is 6.90. The summed E-state index contributed by atoms with van der Waals surface area (Å²) in [5, 5.41) is 12.0. The average Bonchev–Trinajstić information content (AvgIpc) is 2.35. The van der Waals surface area contributed by atoms with Crippen molar-refractivity contribution in [2.24, 2.45) is 5.41 Å². The molecule has 3 nitrogen and oxygen atoms in total. The van der Waals surface area contributed by atoms with E-state index in [1.165, 1.54) is 0 Å². The van der Waals surface area contributed by atoms with Crippen molar-refractivity contribution in [3.05, 3.63) is 34.3 Å². The highest BCUT2D eigenvalue weighted by atomic mass is 79.9. The Balaban J connectivity index is 2.32. The number of carbonyl (C=O) groups excluding carboxylic acids is 1. The number of aliphatic hydroxyl groups is 1. The molecule has 1 aromatic rings. The number of carbonyl (C=O) groups is 1. The van der Waals surface area contributed by atoms with Crippen LogP contribution in [0.1, 0.15) is 37.0 Å². The molecule has 0 unspecified atom stereocenters. The van der Waals surface area contributed by atoms with E-state index in [1.54, 1.807) is 12.1 Å². The van der Waals surface area contributed by atoms with Crippen LogP contribution in [-0.2, 0) is 0 Å². The van der Waals surface area contributed by atoms with Crippen molar-refractivity contribution < 1.29 is 9.90 Å². The van der Waals surface area contributed by atoms with E-state index in [0.29, 0.717) is 12.1 Å². The van der Waals surface area contributed by atoms with Crippen LogP contribution in [0.5, 0.6) is 0 Å². The second-order valence-corrected chi connectivity index (χ2v) is 6.10. The first-order chi connectivity index (χ1) is 8.44. The van der Waals surface area contributed by atoms with Crippen LogP contribution >= 0.6 is 15.9 Å². The first kappa shape index (κ1) is 15.2. The Morgan fingerprint density at radius 1 is 1.33 bits per heavy atom. The maximum Gasteiger partial charge on any atom is 0.251 e. The van der Waals surface area contributed by atoms with Gasteiger partial charge in [0, 0.05) is 23.2 Å². The highest BCUT2D eigenvalue weighted by molar-refractivity contribution is 9.10. The lowest BCUT2D eigenvalue weighted by molar-refractivity contribution is 0.0948. The molecule has 18 heavy (non-hydrogen) atoms. The number of nitrogens with one attached hydrogen (secondary N) is 1. The van der Waals surface area contributed by atoms with E-state index in [1.807, 2.05) is 26.0 Å². The van der Waals surface area contributed by atoms with Crippen molar-refractivity contribution in [2.75, 3.05) is 13.2 Å². The third kappa shape index (κ3) is 5.19. The molecule has 100 valence electrons. The number of hydrogen-bond acceptors (Lipinski definition) is 2. The first-order valence-corrected chi connectivity index (χ1v) is 6.88. The lowest BCUT2D eigenvalue weighted by atomic mass is 9.89. The number of amides is 1. The van der Waals surface area contributed by atoms with Gasteiger partial charge in [0.1, 0.15) is 0 Å². The largest absolute Gasteiger partial charge is 0.396 e. The Labute approximate surface area is 117 Å². The van der Waals surface area contributed by atoms with Crippen LogP contribution in [0.2, 0.25) is 0 Å². The molecular formula is C14H20BrNO2. The Hall–Kier alpha value is -0.870. The van der Waals surface area contributed by atoms with E-state index in [-0.39, 0.29) is 17.9 Å². The van der Waals surface area contributed by atoms with Crippen LogP contribution in [0, 0.1) is 5.41 Å². The van der Waals surface area contributed by atoms with Gasteiger partial charge in [-0.25, -0.2) is 0 Å². The van der Waals surface area contributed by atoms with Gasteiger partial charge in [0.05, 0.1) is 0 Å². The molecule has 4 heteroatoms. The minimum absolute atomic E-state index is 0.0516. The summed E-state index contributed by atoms with van der Waals surface area (Å²) in [6, 6.07) is 7.28. The molecular weight excluding hydrogens is 294 g/mol. The molecule has 1 rings (SSSR count). The van der Waals surface area contributed by atoms with E-state index in [4.69, 9.17) is 5.11 Å². The third-order valence-corrected chi connectivity index (χ3v) is 3.38. The first-order valence-electron chi connectivity index (χ1n) is 6.09. The summed E-state index contributed by atoms with van der Waals surface area (Å²) in [6.45, 7) is 4.85. The third-order valence-electron chi connectivity index (χ3n) is 2.85. The monoisotopic (exact) mass is 313 g/mol. The molecule has 0 bridgehead atoms. The Bertz CT molecular complexity index is 387. The normalized spacial score (nSPS) is 11.3. The van der Waals surface area contributed by atoms with E-state index >= 15 is 0 Å². The molecule has 0 aliphatic carbocycles. The van der Waals surface area contributed by atoms with Crippen molar-refractivity contribution in [1.82, 2.24) is 5.32 Å². The van der Waals surface area contributed by atoms with E-state index < -0.39 is 0 Å². The van der Waals surface area contributed by atoms with Crippen LogP contribution in [0.4, 0.5) is 0 Å². The fourth-order valence-electron chi connectivity index (χ4n) is 1.55. The molecule has 2 N–H and O–H groups in total. The predicted octanol–water partition coefficient (Wildman–Crippen LogP) is 2.98. The van der Waals surface area contributed by atoms with Gasteiger partial charge in [-0.05, 0) is 42.5 Å². The summed E-state index contributed by atoms with van der Waals surface area (Å²) in [7, 11) is 0. The molecule has 0 aliphatic rings. The molecule has 0 heterocycles. The highest BCUT2D eigenvalue weighted by Gasteiger charge is 2.15. The average molecular weight is 314 g/mol. The Morgan fingerprint density at radius 3 is 2.50 bits per heavy atom. The second-order valence-electron chi connectivity index (χ2n) is 5.19. The van der Waals surface area contributed by atoms with Gasteiger partial charge >= 0.3 is 0 Å². The lowest BCUT2D eigenvalue weighted by Crippen LogP contribution is -2.26. The summed E-state index contributed by atoms with van der Waals surface area (Å²) in [4.78, 5) is 11.8. The molecule has 0 atom stereocenters. The summed E-state index contributed by atoms with van der Waals surface area (Å²) < 4.78 is 0.962. The van der Waals surface area contributed by atoms with Gasteiger partial charge in [-0.15, -0.1) is 0 Å². The van der Waals surface area contributed by atoms with Crippen LogP contribution in [0.3, 0.4) is 0 Å². The zero-order valence-corrected chi connectivity index (χ0v) is 12.5. The van der Waals surface area contributed by atoms with Crippen molar-refractivity contribution >= 4 is 21.8 Å². The molecule has 0 spiro atoms. The minimum Gasteiger partial charge on any atom is -0.396 e. The fourth-order valence-corrected chi connectivity index (χ4v) is 1.82. The SMILES string of the molecule is CC(C)(CO)CCCNC(=O)c1ccc(Br)cc1. The summed E-state index contributed by atoms with van der Waals surface area (Å²) in [5.41, 5.74) is 0.599. The molecule has 0 radical (unpaired) electrons. The topological polar surface area (TPSA) is 49.3 Å². The molecule has 1 aromatic carbocycles. The number of benzene rings is 1. The number of rotatable bonds is 6. The molecule has 0 fully saturated rings. The van der Waals surface area contributed by atoms with Gasteiger partial charge in [-0.3, -0.25) is 4.79 Å². The number of halogens is 1. The van der Waals surface area contributed by atoms with Crippen molar-refractivity contribution in [2.45, 2.75) is 26.7 Å². The highest BCUT2D eigenvalue weighted by Crippen LogP contribution is 2.20. The number of aliphatic hydroxyl groups excluding tert-OH is 1. The van der Waals surface area contributed by atoms with Gasteiger partial charge in [0.25, 0.3) is 5.91 Å². The summed E-state index contributed by atoms with van der Waals surface area (Å²) in [5.74, 6) is -0.0516. The van der Waals surface area contributed by atoms with E-state index in [2.05, 4.69) is 21.2 Å². The number of hydrogen-bond donors (Lipinski definition) is 2. The van der Waals surface area contributed by atoms with E-state index in [9.17, 15) is 4.79 Å². The van der Waals surface area contributed by atoms with Gasteiger partial charge in [0.2, 0.25) is 0 Å². The summed E-state index contributed by atoms with van der Waals surface area (Å²) >= 11 is 3.33. The molecule has 0 aliphatic heterocycles. The van der Waals surface area contributed by atoms with Crippen molar-refractivity contribution in [3.8, 4) is 0 Å². The molecule has 0 saturated carbocycles. The molecule has 0 aromatic heterocycles. The van der Waals surface area contributed by atoms with Crippen molar-refractivity contribution in [3.63, 3.8) is 0 Å². The molecule has 0 saturated heterocycles.